The van der Waals surface area contributed by atoms with Crippen molar-refractivity contribution in [2.45, 2.75) is 6.92 Å². The largest absolute Gasteiger partial charge is 0.353 e. The number of nitrogens with zero attached hydrogens (tertiary/aromatic N) is 4. The second kappa shape index (κ2) is 3.97. The van der Waals surface area contributed by atoms with E-state index in [2.05, 4.69) is 9.37 Å². The molecule has 1 aromatic rings. The summed E-state index contributed by atoms with van der Waals surface area (Å²) in [5.41, 5.74) is 0. The summed E-state index contributed by atoms with van der Waals surface area (Å²) in [6.07, 6.45) is 0. The van der Waals surface area contributed by atoms with Gasteiger partial charge in [-0.2, -0.15) is 9.37 Å². The Labute approximate surface area is 86.7 Å². The predicted molar refractivity (Wildman–Crippen MR) is 57.7 cm³/mol. The molecular weight excluding hydrogens is 204 g/mol. The van der Waals surface area contributed by atoms with Gasteiger partial charge in [-0.15, -0.1) is 0 Å². The molecule has 0 aliphatic carbocycles. The fourth-order valence-electron chi connectivity index (χ4n) is 0.645. The molecule has 0 saturated heterocycles. The fourth-order valence-corrected chi connectivity index (χ4v) is 1.51. The van der Waals surface area contributed by atoms with Gasteiger partial charge < -0.3 is 9.47 Å². The van der Waals surface area contributed by atoms with E-state index in [1.54, 1.807) is 4.90 Å². The minimum atomic E-state index is 0.569. The highest BCUT2D eigenvalue weighted by Gasteiger charge is 1.99. The summed E-state index contributed by atoms with van der Waals surface area (Å²) < 4.78 is 6.08. The first-order chi connectivity index (χ1) is 6.02. The Bertz CT molecular complexity index is 374. The molecule has 0 radical (unpaired) electrons. The molecule has 13 heavy (non-hydrogen) atoms. The Kier molecular flexibility index (Phi) is 3.16. The molecule has 0 saturated carbocycles. The monoisotopic (exact) mass is 216 g/mol. The lowest BCUT2D eigenvalue weighted by atomic mass is 10.7. The average Bonchev–Trinajstić information content (AvgIpc) is 2.36. The topological polar surface area (TPSA) is 33.4 Å². The molecule has 0 N–H and O–H groups in total. The highest BCUT2D eigenvalue weighted by molar-refractivity contribution is 7.80. The molecule has 0 aliphatic heterocycles. The molecule has 4 nitrogen and oxygen atoms in total. The molecule has 0 fully saturated rings. The number of rotatable bonds is 0. The lowest BCUT2D eigenvalue weighted by Crippen LogP contribution is -2.22. The van der Waals surface area contributed by atoms with Gasteiger partial charge in [-0.1, -0.05) is 0 Å². The highest BCUT2D eigenvalue weighted by atomic mass is 32.1. The van der Waals surface area contributed by atoms with Gasteiger partial charge in [-0.25, -0.2) is 0 Å². The van der Waals surface area contributed by atoms with E-state index in [0.29, 0.717) is 5.11 Å². The Morgan fingerprint density at radius 2 is 2.23 bits per heavy atom. The summed E-state index contributed by atoms with van der Waals surface area (Å²) in [7, 11) is 5.68. The van der Waals surface area contributed by atoms with E-state index in [-0.39, 0.29) is 0 Å². The molecule has 6 heteroatoms. The number of hydrogen-bond donors (Lipinski definition) is 0. The van der Waals surface area contributed by atoms with Crippen LogP contribution in [0.4, 0.5) is 0 Å². The SMILES string of the molecule is Cc1ns/c(=N\C(=S)N(C)C)n1C. The summed E-state index contributed by atoms with van der Waals surface area (Å²) >= 11 is 6.41. The van der Waals surface area contributed by atoms with Crippen molar-refractivity contribution in [2.75, 3.05) is 14.1 Å². The quantitative estimate of drug-likeness (QED) is 0.593. The zero-order valence-corrected chi connectivity index (χ0v) is 9.74. The van der Waals surface area contributed by atoms with E-state index in [1.165, 1.54) is 11.5 Å². The van der Waals surface area contributed by atoms with Gasteiger partial charge in [0, 0.05) is 32.7 Å². The smallest absolute Gasteiger partial charge is 0.211 e. The first-order valence-corrected chi connectivity index (χ1v) is 4.96. The molecule has 1 rings (SSSR count). The minimum absolute atomic E-state index is 0.569. The van der Waals surface area contributed by atoms with E-state index in [0.717, 1.165) is 10.6 Å². The van der Waals surface area contributed by atoms with Crippen LogP contribution in [0.3, 0.4) is 0 Å². The second-order valence-electron chi connectivity index (χ2n) is 2.86. The molecule has 0 spiro atoms. The van der Waals surface area contributed by atoms with Crippen LogP contribution in [0.2, 0.25) is 0 Å². The average molecular weight is 216 g/mol. The van der Waals surface area contributed by atoms with Gasteiger partial charge in [0.25, 0.3) is 0 Å². The van der Waals surface area contributed by atoms with Gasteiger partial charge in [0.05, 0.1) is 0 Å². The predicted octanol–water partition coefficient (Wildman–Crippen LogP) is 0.537. The summed E-state index contributed by atoms with van der Waals surface area (Å²) in [5, 5.41) is 0.569. The van der Waals surface area contributed by atoms with Gasteiger partial charge in [0.1, 0.15) is 5.82 Å². The maximum Gasteiger partial charge on any atom is 0.211 e. The van der Waals surface area contributed by atoms with Gasteiger partial charge in [0.2, 0.25) is 4.80 Å². The third-order valence-corrected chi connectivity index (χ3v) is 2.95. The van der Waals surface area contributed by atoms with Crippen molar-refractivity contribution >= 4 is 28.9 Å². The van der Waals surface area contributed by atoms with Crippen LogP contribution in [0.1, 0.15) is 5.82 Å². The molecule has 1 aromatic heterocycles. The summed E-state index contributed by atoms with van der Waals surface area (Å²) in [6.45, 7) is 1.94. The molecule has 0 bridgehead atoms. The van der Waals surface area contributed by atoms with Gasteiger partial charge in [-0.3, -0.25) is 0 Å². The maximum atomic E-state index is 5.05. The van der Waals surface area contributed by atoms with Crippen LogP contribution in [0.5, 0.6) is 0 Å². The standard InChI is InChI=1S/C7H12N4S2/c1-5-9-13-7(11(5)4)8-6(12)10(2)3/h1-4H3/b8-7-. The van der Waals surface area contributed by atoms with Crippen molar-refractivity contribution in [1.82, 2.24) is 13.8 Å². The van der Waals surface area contributed by atoms with Gasteiger partial charge >= 0.3 is 0 Å². The zero-order chi connectivity index (χ0) is 10.0. The highest BCUT2D eigenvalue weighted by Crippen LogP contribution is 1.91. The Morgan fingerprint density at radius 3 is 2.62 bits per heavy atom. The summed E-state index contributed by atoms with van der Waals surface area (Å²) in [5.74, 6) is 0.949. The normalized spacial score (nSPS) is 11.8. The maximum absolute atomic E-state index is 5.05. The molecule has 72 valence electrons. The van der Waals surface area contributed by atoms with Crippen LogP contribution < -0.4 is 4.80 Å². The second-order valence-corrected chi connectivity index (χ2v) is 3.96. The fraction of sp³-hybridized carbons (Fsp3) is 0.571. The van der Waals surface area contributed by atoms with Crippen LogP contribution >= 0.6 is 23.8 Å². The van der Waals surface area contributed by atoms with Crippen LogP contribution in [-0.4, -0.2) is 33.0 Å². The molecule has 0 aromatic carbocycles. The van der Waals surface area contributed by atoms with Crippen LogP contribution in [-0.2, 0) is 7.05 Å². The molecule has 0 aliphatic rings. The van der Waals surface area contributed by atoms with Crippen molar-refractivity contribution in [1.29, 1.82) is 0 Å². The van der Waals surface area contributed by atoms with Crippen molar-refractivity contribution in [3.05, 3.63) is 10.6 Å². The number of thiocarbonyl (C=S) groups is 1. The lowest BCUT2D eigenvalue weighted by Gasteiger charge is -2.07. The van der Waals surface area contributed by atoms with E-state index in [9.17, 15) is 0 Å². The first-order valence-electron chi connectivity index (χ1n) is 3.77. The van der Waals surface area contributed by atoms with E-state index in [4.69, 9.17) is 12.2 Å². The lowest BCUT2D eigenvalue weighted by molar-refractivity contribution is 0.625. The molecular formula is C7H12N4S2. The molecule has 1 heterocycles. The van der Waals surface area contributed by atoms with Crippen molar-refractivity contribution in [3.8, 4) is 0 Å². The number of aryl methyl sites for hydroxylation is 1. The number of aromatic nitrogens is 2. The van der Waals surface area contributed by atoms with Crippen LogP contribution in [0.15, 0.2) is 4.99 Å². The molecule has 0 atom stereocenters. The first kappa shape index (κ1) is 10.3. The number of hydrogen-bond acceptors (Lipinski definition) is 3. The third-order valence-electron chi connectivity index (χ3n) is 1.61. The van der Waals surface area contributed by atoms with Crippen LogP contribution in [0, 0.1) is 6.92 Å². The van der Waals surface area contributed by atoms with E-state index >= 15 is 0 Å². The van der Waals surface area contributed by atoms with E-state index in [1.807, 2.05) is 32.6 Å². The molecule has 0 unspecified atom stereocenters. The van der Waals surface area contributed by atoms with E-state index < -0.39 is 0 Å². The zero-order valence-electron chi connectivity index (χ0n) is 8.11. The Balaban J connectivity index is 3.08. The summed E-state index contributed by atoms with van der Waals surface area (Å²) in [6, 6.07) is 0. The minimum Gasteiger partial charge on any atom is -0.353 e. The summed E-state index contributed by atoms with van der Waals surface area (Å²) in [4.78, 5) is 6.88. The van der Waals surface area contributed by atoms with Gasteiger partial charge in [0.15, 0.2) is 5.11 Å². The molecule has 0 amide bonds. The van der Waals surface area contributed by atoms with Crippen molar-refractivity contribution < 1.29 is 0 Å². The van der Waals surface area contributed by atoms with Crippen LogP contribution in [0.25, 0.3) is 0 Å². The van der Waals surface area contributed by atoms with Crippen molar-refractivity contribution in [3.63, 3.8) is 0 Å². The van der Waals surface area contributed by atoms with Gasteiger partial charge in [-0.05, 0) is 19.1 Å². The Morgan fingerprint density at radius 1 is 1.62 bits per heavy atom. The Hall–Kier alpha value is -0.750. The third kappa shape index (κ3) is 2.35. The van der Waals surface area contributed by atoms with Crippen molar-refractivity contribution in [2.24, 2.45) is 12.0 Å².